The summed E-state index contributed by atoms with van der Waals surface area (Å²) in [6.07, 6.45) is 7.82. The van der Waals surface area contributed by atoms with Gasteiger partial charge in [-0.05, 0) is 56.3 Å². The maximum atomic E-state index is 11.2. The second-order valence-electron chi connectivity index (χ2n) is 7.97. The third-order valence-corrected chi connectivity index (χ3v) is 7.10. The predicted octanol–water partition coefficient (Wildman–Crippen LogP) is 2.16. The average Bonchev–Trinajstić information content (AvgIpc) is 3.23. The van der Waals surface area contributed by atoms with Gasteiger partial charge in [-0.15, -0.1) is 0 Å². The second-order valence-corrected chi connectivity index (χ2v) is 7.97. The van der Waals surface area contributed by atoms with Crippen LogP contribution in [0.5, 0.6) is 0 Å². The molecule has 6 fully saturated rings. The van der Waals surface area contributed by atoms with Gasteiger partial charge in [0.05, 0.1) is 18.4 Å². The lowest BCUT2D eigenvalue weighted by Gasteiger charge is -2.19. The largest absolute Gasteiger partial charge is 0.465 e. The Morgan fingerprint density at radius 2 is 1.71 bits per heavy atom. The highest BCUT2D eigenvalue weighted by Gasteiger charge is 2.56. The van der Waals surface area contributed by atoms with E-state index in [1.807, 2.05) is 0 Å². The van der Waals surface area contributed by atoms with Crippen LogP contribution < -0.4 is 0 Å². The van der Waals surface area contributed by atoms with Crippen LogP contribution >= 0.6 is 0 Å². The Kier molecular flexibility index (Phi) is 2.52. The van der Waals surface area contributed by atoms with Gasteiger partial charge in [0, 0.05) is 11.8 Å². The van der Waals surface area contributed by atoms with Crippen LogP contribution in [0.15, 0.2) is 0 Å². The summed E-state index contributed by atoms with van der Waals surface area (Å²) >= 11 is 0. The Bertz CT molecular complexity index is 499. The molecule has 6 aliphatic rings. The molecule has 4 heteroatoms. The van der Waals surface area contributed by atoms with Crippen molar-refractivity contribution in [3.05, 3.63) is 0 Å². The quantitative estimate of drug-likeness (QED) is 0.642. The summed E-state index contributed by atoms with van der Waals surface area (Å²) in [6, 6.07) is 0. The minimum absolute atomic E-state index is 0.0926. The molecule has 114 valence electrons. The zero-order valence-electron chi connectivity index (χ0n) is 12.2. The maximum absolute atomic E-state index is 11.2. The SMILES string of the molecule is O=C1OC2CC3CC1C2C3.O=C1OCC2C3CCC(C3)C12. The molecule has 4 bridgehead atoms. The Morgan fingerprint density at radius 3 is 2.43 bits per heavy atom. The highest BCUT2D eigenvalue weighted by Crippen LogP contribution is 2.55. The monoisotopic (exact) mass is 290 g/mol. The summed E-state index contributed by atoms with van der Waals surface area (Å²) in [5.41, 5.74) is 0. The van der Waals surface area contributed by atoms with Crippen molar-refractivity contribution in [1.29, 1.82) is 0 Å². The topological polar surface area (TPSA) is 52.6 Å². The Morgan fingerprint density at radius 1 is 0.857 bits per heavy atom. The van der Waals surface area contributed by atoms with Crippen LogP contribution in [0.3, 0.4) is 0 Å². The highest BCUT2D eigenvalue weighted by atomic mass is 16.6. The minimum Gasteiger partial charge on any atom is -0.465 e. The zero-order chi connectivity index (χ0) is 14.1. The molecule has 8 atom stereocenters. The van der Waals surface area contributed by atoms with Crippen LogP contribution in [0.25, 0.3) is 0 Å². The normalized spacial score (nSPS) is 54.3. The number of rotatable bonds is 0. The standard InChI is InChI=1S/C9H12O2.C8H10O2/c10-9-8-6-2-1-5(3-6)7(8)4-11-9;9-8-6-2-4-1-5(6)7(3-4)10-8/h5-8H,1-4H2;4-7H,1-3H2. The average molecular weight is 290 g/mol. The molecule has 2 aliphatic heterocycles. The van der Waals surface area contributed by atoms with Gasteiger partial charge in [-0.25, -0.2) is 0 Å². The van der Waals surface area contributed by atoms with E-state index in [4.69, 9.17) is 9.47 Å². The molecule has 21 heavy (non-hydrogen) atoms. The van der Waals surface area contributed by atoms with E-state index in [1.165, 1.54) is 25.7 Å². The van der Waals surface area contributed by atoms with Crippen molar-refractivity contribution in [3.63, 3.8) is 0 Å². The van der Waals surface area contributed by atoms with Gasteiger partial charge in [0.1, 0.15) is 6.10 Å². The van der Waals surface area contributed by atoms with Crippen LogP contribution in [0, 0.1) is 41.4 Å². The number of hydrogen-bond acceptors (Lipinski definition) is 4. The van der Waals surface area contributed by atoms with Crippen LogP contribution in [0.2, 0.25) is 0 Å². The minimum atomic E-state index is 0.0926. The number of fused-ring (bicyclic) bond motifs is 6. The fraction of sp³-hybridized carbons (Fsp3) is 0.882. The fourth-order valence-electron chi connectivity index (χ4n) is 6.22. The van der Waals surface area contributed by atoms with E-state index in [0.29, 0.717) is 35.7 Å². The zero-order valence-corrected chi connectivity index (χ0v) is 12.2. The van der Waals surface area contributed by atoms with Gasteiger partial charge in [-0.2, -0.15) is 0 Å². The van der Waals surface area contributed by atoms with Gasteiger partial charge in [0.25, 0.3) is 0 Å². The van der Waals surface area contributed by atoms with Crippen molar-refractivity contribution in [2.45, 2.75) is 44.6 Å². The summed E-state index contributed by atoms with van der Waals surface area (Å²) < 4.78 is 10.3. The fourth-order valence-corrected chi connectivity index (χ4v) is 6.22. The molecule has 0 amide bonds. The number of carbonyl (C=O) groups is 2. The molecule has 2 saturated heterocycles. The van der Waals surface area contributed by atoms with Crippen molar-refractivity contribution in [1.82, 2.24) is 0 Å². The van der Waals surface area contributed by atoms with Gasteiger partial charge < -0.3 is 9.47 Å². The third kappa shape index (κ3) is 1.68. The van der Waals surface area contributed by atoms with E-state index in [9.17, 15) is 9.59 Å². The van der Waals surface area contributed by atoms with Crippen molar-refractivity contribution < 1.29 is 19.1 Å². The first kappa shape index (κ1) is 12.5. The van der Waals surface area contributed by atoms with Crippen molar-refractivity contribution in [2.75, 3.05) is 6.61 Å². The van der Waals surface area contributed by atoms with E-state index >= 15 is 0 Å². The first-order valence-corrected chi connectivity index (χ1v) is 8.58. The molecule has 0 aromatic heterocycles. The maximum Gasteiger partial charge on any atom is 0.309 e. The second kappa shape index (κ2) is 4.23. The molecule has 4 nitrogen and oxygen atoms in total. The van der Waals surface area contributed by atoms with E-state index in [1.54, 1.807) is 0 Å². The lowest BCUT2D eigenvalue weighted by atomic mass is 9.81. The molecule has 0 N–H and O–H groups in total. The molecule has 0 aromatic carbocycles. The summed E-state index contributed by atoms with van der Waals surface area (Å²) in [5, 5.41) is 0. The Labute approximate surface area is 124 Å². The molecule has 0 aromatic rings. The molecule has 0 radical (unpaired) electrons. The molecular weight excluding hydrogens is 268 g/mol. The van der Waals surface area contributed by atoms with Gasteiger partial charge in [0.15, 0.2) is 0 Å². The summed E-state index contributed by atoms with van der Waals surface area (Å²) in [7, 11) is 0. The summed E-state index contributed by atoms with van der Waals surface area (Å²) in [5.74, 6) is 4.40. The molecule has 4 aliphatic carbocycles. The number of esters is 2. The first-order chi connectivity index (χ1) is 10.2. The van der Waals surface area contributed by atoms with Crippen LogP contribution in [0.4, 0.5) is 0 Å². The number of carbonyl (C=O) groups excluding carboxylic acids is 2. The van der Waals surface area contributed by atoms with Gasteiger partial charge in [-0.1, -0.05) is 0 Å². The van der Waals surface area contributed by atoms with Crippen molar-refractivity contribution in [3.8, 4) is 0 Å². The Balaban J connectivity index is 0.0000000996. The molecule has 4 saturated carbocycles. The van der Waals surface area contributed by atoms with Crippen LogP contribution in [0.1, 0.15) is 38.5 Å². The van der Waals surface area contributed by atoms with E-state index in [2.05, 4.69) is 0 Å². The molecular formula is C17H22O4. The van der Waals surface area contributed by atoms with Crippen LogP contribution in [-0.2, 0) is 19.1 Å². The molecule has 0 spiro atoms. The molecule has 2 heterocycles. The number of cyclic esters (lactones) is 1. The van der Waals surface area contributed by atoms with Gasteiger partial charge >= 0.3 is 11.9 Å². The third-order valence-electron chi connectivity index (χ3n) is 7.10. The van der Waals surface area contributed by atoms with E-state index < -0.39 is 0 Å². The lowest BCUT2D eigenvalue weighted by molar-refractivity contribution is -0.143. The smallest absolute Gasteiger partial charge is 0.309 e. The Hall–Kier alpha value is -1.06. The molecule has 6 rings (SSSR count). The lowest BCUT2D eigenvalue weighted by Crippen LogP contribution is -2.22. The number of hydrogen-bond donors (Lipinski definition) is 0. The molecule has 8 unspecified atom stereocenters. The van der Waals surface area contributed by atoms with Crippen molar-refractivity contribution >= 4 is 11.9 Å². The van der Waals surface area contributed by atoms with Gasteiger partial charge in [0.2, 0.25) is 0 Å². The van der Waals surface area contributed by atoms with Gasteiger partial charge in [-0.3, -0.25) is 9.59 Å². The highest BCUT2D eigenvalue weighted by molar-refractivity contribution is 5.76. The summed E-state index contributed by atoms with van der Waals surface area (Å²) in [4.78, 5) is 22.3. The van der Waals surface area contributed by atoms with Crippen molar-refractivity contribution in [2.24, 2.45) is 41.4 Å². The predicted molar refractivity (Wildman–Crippen MR) is 73.0 cm³/mol. The first-order valence-electron chi connectivity index (χ1n) is 8.58. The summed E-state index contributed by atoms with van der Waals surface area (Å²) in [6.45, 7) is 0.727. The number of ether oxygens (including phenoxy) is 2. The van der Waals surface area contributed by atoms with Crippen LogP contribution in [-0.4, -0.2) is 24.6 Å². The van der Waals surface area contributed by atoms with E-state index in [-0.39, 0.29) is 11.9 Å². The van der Waals surface area contributed by atoms with E-state index in [0.717, 1.165) is 31.3 Å².